The molecule has 0 bridgehead atoms. The highest BCUT2D eigenvalue weighted by molar-refractivity contribution is 7.89. The van der Waals surface area contributed by atoms with Crippen molar-refractivity contribution in [3.63, 3.8) is 0 Å². The van der Waals surface area contributed by atoms with Crippen LogP contribution in [0.4, 0.5) is 5.69 Å². The summed E-state index contributed by atoms with van der Waals surface area (Å²) in [6.07, 6.45) is 0. The van der Waals surface area contributed by atoms with Crippen molar-refractivity contribution in [3.8, 4) is 0 Å². The number of carbonyl (C=O) groups excluding carboxylic acids is 1. The molecule has 1 amide bonds. The Morgan fingerprint density at radius 2 is 1.45 bits per heavy atom. The minimum Gasteiger partial charge on any atom is -0.324 e. The minimum absolute atomic E-state index is 0.126. The predicted molar refractivity (Wildman–Crippen MR) is 116 cm³/mol. The van der Waals surface area contributed by atoms with Crippen LogP contribution < -0.4 is 10.0 Å². The van der Waals surface area contributed by atoms with Crippen LogP contribution in [-0.4, -0.2) is 20.4 Å². The van der Waals surface area contributed by atoms with Gasteiger partial charge in [0, 0.05) is 11.1 Å². The van der Waals surface area contributed by atoms with Gasteiger partial charge in [-0.1, -0.05) is 66.7 Å². The van der Waals surface area contributed by atoms with Crippen molar-refractivity contribution >= 4 is 43.2 Å². The van der Waals surface area contributed by atoms with E-state index in [1.807, 2.05) is 60.7 Å². The van der Waals surface area contributed by atoms with Gasteiger partial charge in [-0.2, -0.15) is 4.72 Å². The van der Waals surface area contributed by atoms with E-state index in [2.05, 4.69) is 10.0 Å². The maximum Gasteiger partial charge on any atom is 0.242 e. The zero-order valence-electron chi connectivity index (χ0n) is 15.8. The lowest BCUT2D eigenvalue weighted by Gasteiger charge is -2.16. The number of nitrogens with one attached hydrogen (secondary N) is 2. The standard InChI is InChI=1S/C23H20N2O3S/c1-16(23(26)24-22-12-6-10-18-8-4-5-11-21(18)22)25-29(27,28)20-14-13-17-7-2-3-9-19(17)15-20/h2-16,25H,1H3,(H,24,26)/t16-/m0/s1. The molecule has 29 heavy (non-hydrogen) atoms. The topological polar surface area (TPSA) is 75.3 Å². The molecule has 0 saturated carbocycles. The molecule has 5 nitrogen and oxygen atoms in total. The second kappa shape index (κ2) is 7.66. The molecule has 0 aliphatic carbocycles. The van der Waals surface area contributed by atoms with Crippen molar-refractivity contribution in [2.24, 2.45) is 0 Å². The van der Waals surface area contributed by atoms with Crippen LogP contribution in [0.5, 0.6) is 0 Å². The van der Waals surface area contributed by atoms with Crippen molar-refractivity contribution in [3.05, 3.63) is 84.9 Å². The van der Waals surface area contributed by atoms with Crippen LogP contribution in [0.25, 0.3) is 21.5 Å². The number of carbonyl (C=O) groups is 1. The van der Waals surface area contributed by atoms with Crippen molar-refractivity contribution < 1.29 is 13.2 Å². The number of hydrogen-bond acceptors (Lipinski definition) is 3. The Morgan fingerprint density at radius 3 is 2.24 bits per heavy atom. The summed E-state index contributed by atoms with van der Waals surface area (Å²) in [6, 6.07) is 24.8. The highest BCUT2D eigenvalue weighted by Gasteiger charge is 2.22. The number of benzene rings is 4. The van der Waals surface area contributed by atoms with Crippen LogP contribution in [0.3, 0.4) is 0 Å². The smallest absolute Gasteiger partial charge is 0.242 e. The van der Waals surface area contributed by atoms with E-state index in [1.165, 1.54) is 6.92 Å². The first-order valence-electron chi connectivity index (χ1n) is 9.24. The van der Waals surface area contributed by atoms with Crippen molar-refractivity contribution in [2.75, 3.05) is 5.32 Å². The summed E-state index contributed by atoms with van der Waals surface area (Å²) in [5.41, 5.74) is 0.643. The van der Waals surface area contributed by atoms with Gasteiger partial charge in [-0.25, -0.2) is 8.42 Å². The van der Waals surface area contributed by atoms with E-state index in [4.69, 9.17) is 0 Å². The van der Waals surface area contributed by atoms with Gasteiger partial charge in [0.05, 0.1) is 10.9 Å². The summed E-state index contributed by atoms with van der Waals surface area (Å²) >= 11 is 0. The molecular formula is C23H20N2O3S. The first kappa shape index (κ1) is 19.1. The second-order valence-corrected chi connectivity index (χ2v) is 8.58. The van der Waals surface area contributed by atoms with E-state index in [-0.39, 0.29) is 4.90 Å². The molecule has 0 unspecified atom stereocenters. The van der Waals surface area contributed by atoms with E-state index in [0.717, 1.165) is 21.5 Å². The maximum atomic E-state index is 12.8. The fourth-order valence-electron chi connectivity index (χ4n) is 3.26. The number of sulfonamides is 1. The number of rotatable bonds is 5. The monoisotopic (exact) mass is 404 g/mol. The lowest BCUT2D eigenvalue weighted by molar-refractivity contribution is -0.117. The van der Waals surface area contributed by atoms with Gasteiger partial charge in [-0.3, -0.25) is 4.79 Å². The molecule has 4 aromatic carbocycles. The van der Waals surface area contributed by atoms with Gasteiger partial charge < -0.3 is 5.32 Å². The molecule has 0 aromatic heterocycles. The largest absolute Gasteiger partial charge is 0.324 e. The number of fused-ring (bicyclic) bond motifs is 2. The first-order chi connectivity index (χ1) is 13.9. The summed E-state index contributed by atoms with van der Waals surface area (Å²) in [6.45, 7) is 1.53. The molecule has 0 heterocycles. The van der Waals surface area contributed by atoms with Crippen molar-refractivity contribution in [2.45, 2.75) is 17.9 Å². The third-order valence-corrected chi connectivity index (χ3v) is 6.34. The summed E-state index contributed by atoms with van der Waals surface area (Å²) in [4.78, 5) is 12.8. The summed E-state index contributed by atoms with van der Waals surface area (Å²) in [5, 5.41) is 6.49. The molecule has 0 saturated heterocycles. The molecule has 2 N–H and O–H groups in total. The maximum absolute atomic E-state index is 12.8. The average Bonchev–Trinajstić information content (AvgIpc) is 2.73. The summed E-state index contributed by atoms with van der Waals surface area (Å²) < 4.78 is 28.0. The van der Waals surface area contributed by atoms with Gasteiger partial charge >= 0.3 is 0 Å². The first-order valence-corrected chi connectivity index (χ1v) is 10.7. The zero-order valence-corrected chi connectivity index (χ0v) is 16.6. The lowest BCUT2D eigenvalue weighted by Crippen LogP contribution is -2.41. The molecule has 4 rings (SSSR count). The van der Waals surface area contributed by atoms with Crippen LogP contribution >= 0.6 is 0 Å². The van der Waals surface area contributed by atoms with Crippen LogP contribution in [0.1, 0.15) is 6.92 Å². The van der Waals surface area contributed by atoms with E-state index >= 15 is 0 Å². The highest BCUT2D eigenvalue weighted by Crippen LogP contribution is 2.23. The molecule has 146 valence electrons. The van der Waals surface area contributed by atoms with Crippen molar-refractivity contribution in [1.29, 1.82) is 0 Å². The fourth-order valence-corrected chi connectivity index (χ4v) is 4.50. The second-order valence-electron chi connectivity index (χ2n) is 6.87. The minimum atomic E-state index is -3.84. The number of hydrogen-bond donors (Lipinski definition) is 2. The van der Waals surface area contributed by atoms with E-state index in [0.29, 0.717) is 5.69 Å². The Bertz CT molecular complexity index is 1310. The number of amides is 1. The van der Waals surface area contributed by atoms with Gasteiger partial charge in [-0.05, 0) is 41.3 Å². The van der Waals surface area contributed by atoms with Gasteiger partial charge in [0.2, 0.25) is 15.9 Å². The Balaban J connectivity index is 1.54. The molecule has 0 aliphatic heterocycles. The van der Waals surface area contributed by atoms with Gasteiger partial charge in [0.15, 0.2) is 0 Å². The number of anilines is 1. The predicted octanol–water partition coefficient (Wildman–Crippen LogP) is 4.30. The highest BCUT2D eigenvalue weighted by atomic mass is 32.2. The van der Waals surface area contributed by atoms with Crippen molar-refractivity contribution in [1.82, 2.24) is 4.72 Å². The zero-order chi connectivity index (χ0) is 20.4. The SMILES string of the molecule is C[C@H](NS(=O)(=O)c1ccc2ccccc2c1)C(=O)Nc1cccc2ccccc12. The van der Waals surface area contributed by atoms with Crippen LogP contribution in [0, 0.1) is 0 Å². The van der Waals surface area contributed by atoms with E-state index in [9.17, 15) is 13.2 Å². The third-order valence-electron chi connectivity index (χ3n) is 4.80. The Hall–Kier alpha value is -3.22. The lowest BCUT2D eigenvalue weighted by atomic mass is 10.1. The Morgan fingerprint density at radius 1 is 0.793 bits per heavy atom. The molecule has 6 heteroatoms. The van der Waals surface area contributed by atoms with Gasteiger partial charge in [0.25, 0.3) is 0 Å². The van der Waals surface area contributed by atoms with E-state index in [1.54, 1.807) is 24.3 Å². The van der Waals surface area contributed by atoms with Crippen LogP contribution in [0.2, 0.25) is 0 Å². The quantitative estimate of drug-likeness (QED) is 0.521. The molecule has 0 fully saturated rings. The van der Waals surface area contributed by atoms with Gasteiger partial charge in [0.1, 0.15) is 0 Å². The molecule has 0 aliphatic rings. The molecule has 4 aromatic rings. The van der Waals surface area contributed by atoms with E-state index < -0.39 is 22.0 Å². The molecular weight excluding hydrogens is 384 g/mol. The van der Waals surface area contributed by atoms with Crippen LogP contribution in [0.15, 0.2) is 89.8 Å². The average molecular weight is 404 g/mol. The summed E-state index contributed by atoms with van der Waals surface area (Å²) in [7, 11) is -3.84. The fraction of sp³-hybridized carbons (Fsp3) is 0.0870. The molecule has 0 radical (unpaired) electrons. The normalized spacial score (nSPS) is 12.7. The summed E-state index contributed by atoms with van der Waals surface area (Å²) in [5.74, 6) is -0.425. The Labute approximate surface area is 169 Å². The Kier molecular flexibility index (Phi) is 5.05. The third kappa shape index (κ3) is 3.99. The molecule has 0 spiro atoms. The molecule has 1 atom stereocenters. The van der Waals surface area contributed by atoms with Gasteiger partial charge in [-0.15, -0.1) is 0 Å². The van der Waals surface area contributed by atoms with Crippen LogP contribution in [-0.2, 0) is 14.8 Å².